The molecule has 0 radical (unpaired) electrons. The Morgan fingerprint density at radius 1 is 1.45 bits per heavy atom. The second-order valence-corrected chi connectivity index (χ2v) is 7.02. The van der Waals surface area contributed by atoms with Crippen LogP contribution in [0.15, 0.2) is 24.3 Å². The summed E-state index contributed by atoms with van der Waals surface area (Å²) in [4.78, 5) is 13.7. The number of sulfone groups is 1. The van der Waals surface area contributed by atoms with E-state index in [4.69, 9.17) is 0 Å². The molecule has 1 saturated heterocycles. The molecule has 1 aliphatic rings. The fourth-order valence-electron chi connectivity index (χ4n) is 2.36. The molecular weight excluding hydrogens is 280 g/mol. The van der Waals surface area contributed by atoms with Gasteiger partial charge in [-0.3, -0.25) is 0 Å². The number of amides is 2. The number of benzene rings is 1. The minimum atomic E-state index is -3.04. The average molecular weight is 298 g/mol. The van der Waals surface area contributed by atoms with Crippen LogP contribution in [0.3, 0.4) is 0 Å². The maximum Gasteiger partial charge on any atom is 0.322 e. The zero-order chi connectivity index (χ0) is 14.8. The summed E-state index contributed by atoms with van der Waals surface area (Å²) in [5, 5.41) is 12.2. The molecule has 1 heterocycles. The van der Waals surface area contributed by atoms with E-state index in [1.54, 1.807) is 25.1 Å². The van der Waals surface area contributed by atoms with Crippen molar-refractivity contribution in [2.24, 2.45) is 0 Å². The van der Waals surface area contributed by atoms with Crippen molar-refractivity contribution in [3.05, 3.63) is 24.3 Å². The molecule has 2 rings (SSSR count). The first-order valence-corrected chi connectivity index (χ1v) is 8.31. The Hall–Kier alpha value is -1.76. The fourth-order valence-corrected chi connectivity index (χ4v) is 4.09. The van der Waals surface area contributed by atoms with Gasteiger partial charge in [-0.2, -0.15) is 0 Å². The van der Waals surface area contributed by atoms with E-state index in [2.05, 4.69) is 5.32 Å². The quantitative estimate of drug-likeness (QED) is 0.827. The smallest absolute Gasteiger partial charge is 0.322 e. The van der Waals surface area contributed by atoms with Gasteiger partial charge in [0.1, 0.15) is 5.75 Å². The van der Waals surface area contributed by atoms with Crippen molar-refractivity contribution < 1.29 is 18.3 Å². The van der Waals surface area contributed by atoms with E-state index in [0.29, 0.717) is 18.7 Å². The van der Waals surface area contributed by atoms with Gasteiger partial charge in [-0.05, 0) is 25.5 Å². The molecule has 0 bridgehead atoms. The van der Waals surface area contributed by atoms with Crippen molar-refractivity contribution in [3.63, 3.8) is 0 Å². The van der Waals surface area contributed by atoms with Gasteiger partial charge in [-0.1, -0.05) is 12.1 Å². The predicted molar refractivity (Wildman–Crippen MR) is 76.6 cm³/mol. The molecule has 0 spiro atoms. The standard InChI is InChI=1S/C13H18N2O4S/c1-2-15(10-7-8-20(18,19)9-10)13(17)14-11-5-3-4-6-12(11)16/h3-6,10,16H,2,7-9H2,1H3,(H,14,17). The third kappa shape index (κ3) is 3.22. The molecule has 1 aromatic carbocycles. The molecule has 0 saturated carbocycles. The Bertz CT molecular complexity index is 600. The van der Waals surface area contributed by atoms with E-state index in [1.807, 2.05) is 0 Å². The van der Waals surface area contributed by atoms with Crippen LogP contribution < -0.4 is 5.32 Å². The molecule has 2 amide bonds. The molecule has 1 unspecified atom stereocenters. The molecule has 20 heavy (non-hydrogen) atoms. The van der Waals surface area contributed by atoms with E-state index in [1.165, 1.54) is 11.0 Å². The summed E-state index contributed by atoms with van der Waals surface area (Å²) < 4.78 is 23.0. The number of carbonyl (C=O) groups is 1. The SMILES string of the molecule is CCN(C(=O)Nc1ccccc1O)C1CCS(=O)(=O)C1. The van der Waals surface area contributed by atoms with Crippen molar-refractivity contribution >= 4 is 21.6 Å². The number of rotatable bonds is 3. The van der Waals surface area contributed by atoms with E-state index in [-0.39, 0.29) is 23.3 Å². The number of urea groups is 1. The molecule has 6 nitrogen and oxygen atoms in total. The Balaban J connectivity index is 2.09. The summed E-state index contributed by atoms with van der Waals surface area (Å²) in [6.07, 6.45) is 0.463. The molecule has 0 aliphatic carbocycles. The Kier molecular flexibility index (Phi) is 4.17. The van der Waals surface area contributed by atoms with Crippen LogP contribution in [-0.4, -0.2) is 48.5 Å². The van der Waals surface area contributed by atoms with Crippen LogP contribution in [0.5, 0.6) is 5.75 Å². The molecule has 0 aromatic heterocycles. The summed E-state index contributed by atoms with van der Waals surface area (Å²) >= 11 is 0. The van der Waals surface area contributed by atoms with Gasteiger partial charge >= 0.3 is 6.03 Å². The number of nitrogens with zero attached hydrogens (tertiary/aromatic N) is 1. The number of hydrogen-bond donors (Lipinski definition) is 2. The van der Waals surface area contributed by atoms with Crippen molar-refractivity contribution in [1.82, 2.24) is 4.90 Å². The van der Waals surface area contributed by atoms with E-state index >= 15 is 0 Å². The second-order valence-electron chi connectivity index (χ2n) is 4.79. The largest absolute Gasteiger partial charge is 0.506 e. The molecule has 110 valence electrons. The summed E-state index contributed by atoms with van der Waals surface area (Å²) in [5.74, 6) is 0.114. The third-order valence-electron chi connectivity index (χ3n) is 3.40. The van der Waals surface area contributed by atoms with Crippen molar-refractivity contribution in [2.75, 3.05) is 23.4 Å². The van der Waals surface area contributed by atoms with Gasteiger partial charge in [0.15, 0.2) is 9.84 Å². The first kappa shape index (κ1) is 14.6. The lowest BCUT2D eigenvalue weighted by Crippen LogP contribution is -2.43. The van der Waals surface area contributed by atoms with Gasteiger partial charge in [0, 0.05) is 12.6 Å². The van der Waals surface area contributed by atoms with Crippen LogP contribution in [0.4, 0.5) is 10.5 Å². The number of carbonyl (C=O) groups excluding carboxylic acids is 1. The lowest BCUT2D eigenvalue weighted by Gasteiger charge is -2.27. The number of aromatic hydroxyl groups is 1. The van der Waals surface area contributed by atoms with Gasteiger partial charge in [-0.25, -0.2) is 13.2 Å². The topological polar surface area (TPSA) is 86.7 Å². The van der Waals surface area contributed by atoms with E-state index < -0.39 is 15.9 Å². The monoisotopic (exact) mass is 298 g/mol. The Morgan fingerprint density at radius 3 is 2.70 bits per heavy atom. The van der Waals surface area contributed by atoms with Gasteiger partial charge in [0.2, 0.25) is 0 Å². The highest BCUT2D eigenvalue weighted by Gasteiger charge is 2.34. The lowest BCUT2D eigenvalue weighted by atomic mass is 10.2. The summed E-state index contributed by atoms with van der Waals surface area (Å²) in [7, 11) is -3.04. The van der Waals surface area contributed by atoms with Crippen molar-refractivity contribution in [3.8, 4) is 5.75 Å². The molecule has 1 aliphatic heterocycles. The number of phenols is 1. The Labute approximate surface area is 118 Å². The molecule has 2 N–H and O–H groups in total. The zero-order valence-electron chi connectivity index (χ0n) is 11.2. The highest BCUT2D eigenvalue weighted by Crippen LogP contribution is 2.23. The number of hydrogen-bond acceptors (Lipinski definition) is 4. The van der Waals surface area contributed by atoms with Crippen LogP contribution in [0.2, 0.25) is 0 Å². The second kappa shape index (κ2) is 5.70. The van der Waals surface area contributed by atoms with Crippen molar-refractivity contribution in [2.45, 2.75) is 19.4 Å². The number of nitrogens with one attached hydrogen (secondary N) is 1. The van der Waals surface area contributed by atoms with Crippen LogP contribution in [0, 0.1) is 0 Å². The van der Waals surface area contributed by atoms with Crippen LogP contribution in [-0.2, 0) is 9.84 Å². The van der Waals surface area contributed by atoms with Crippen molar-refractivity contribution in [1.29, 1.82) is 0 Å². The maximum absolute atomic E-state index is 12.2. The van der Waals surface area contributed by atoms with Crippen LogP contribution >= 0.6 is 0 Å². The van der Waals surface area contributed by atoms with Crippen LogP contribution in [0.25, 0.3) is 0 Å². The highest BCUT2D eigenvalue weighted by molar-refractivity contribution is 7.91. The number of para-hydroxylation sites is 2. The fraction of sp³-hybridized carbons (Fsp3) is 0.462. The summed E-state index contributed by atoms with van der Waals surface area (Å²) in [5.41, 5.74) is 0.316. The molecule has 1 fully saturated rings. The molecule has 1 aromatic rings. The highest BCUT2D eigenvalue weighted by atomic mass is 32.2. The van der Waals surface area contributed by atoms with Gasteiger partial charge in [0.25, 0.3) is 0 Å². The predicted octanol–water partition coefficient (Wildman–Crippen LogP) is 1.43. The number of anilines is 1. The molecule has 7 heteroatoms. The molecular formula is C13H18N2O4S. The minimum Gasteiger partial charge on any atom is -0.506 e. The third-order valence-corrected chi connectivity index (χ3v) is 5.15. The zero-order valence-corrected chi connectivity index (χ0v) is 12.1. The minimum absolute atomic E-state index is 0.00896. The lowest BCUT2D eigenvalue weighted by molar-refractivity contribution is 0.197. The summed E-state index contributed by atoms with van der Waals surface area (Å²) in [6, 6.07) is 5.74. The summed E-state index contributed by atoms with van der Waals surface area (Å²) in [6.45, 7) is 2.22. The van der Waals surface area contributed by atoms with Gasteiger partial charge in [0.05, 0.1) is 17.2 Å². The average Bonchev–Trinajstić information content (AvgIpc) is 2.73. The van der Waals surface area contributed by atoms with E-state index in [0.717, 1.165) is 0 Å². The maximum atomic E-state index is 12.2. The van der Waals surface area contributed by atoms with E-state index in [9.17, 15) is 18.3 Å². The van der Waals surface area contributed by atoms with Crippen LogP contribution in [0.1, 0.15) is 13.3 Å². The van der Waals surface area contributed by atoms with Gasteiger partial charge < -0.3 is 15.3 Å². The molecule has 1 atom stereocenters. The Morgan fingerprint density at radius 2 is 2.15 bits per heavy atom. The van der Waals surface area contributed by atoms with Gasteiger partial charge in [-0.15, -0.1) is 0 Å². The number of phenolic OH excluding ortho intramolecular Hbond substituents is 1. The first-order valence-electron chi connectivity index (χ1n) is 6.49. The first-order chi connectivity index (χ1) is 9.43. The normalized spacial score (nSPS) is 20.6.